The Morgan fingerprint density at radius 1 is 1.37 bits per heavy atom. The highest BCUT2D eigenvalue weighted by atomic mass is 32.2. The third kappa shape index (κ3) is 4.40. The maximum Gasteiger partial charge on any atom is 0.263 e. The first-order valence-electron chi connectivity index (χ1n) is 9.83. The molecule has 148 valence electrons. The van der Waals surface area contributed by atoms with Crippen molar-refractivity contribution in [1.82, 2.24) is 14.5 Å². The molecule has 7 heteroatoms. The van der Waals surface area contributed by atoms with E-state index in [9.17, 15) is 9.59 Å². The van der Waals surface area contributed by atoms with Crippen molar-refractivity contribution in [2.24, 2.45) is 5.92 Å². The van der Waals surface area contributed by atoms with E-state index in [1.165, 1.54) is 18.2 Å². The maximum absolute atomic E-state index is 13.1. The van der Waals surface area contributed by atoms with E-state index in [0.717, 1.165) is 53.0 Å². The van der Waals surface area contributed by atoms with Crippen molar-refractivity contribution in [2.75, 3.05) is 18.8 Å². The van der Waals surface area contributed by atoms with Crippen molar-refractivity contribution >= 4 is 39.2 Å². The number of rotatable bonds is 6. The number of fused-ring (bicyclic) bond motifs is 1. The second kappa shape index (κ2) is 8.78. The lowest BCUT2D eigenvalue weighted by Crippen LogP contribution is -2.40. The topological polar surface area (TPSA) is 55.2 Å². The number of hydrogen-bond donors (Lipinski definition) is 0. The molecule has 0 saturated carbocycles. The summed E-state index contributed by atoms with van der Waals surface area (Å²) in [6, 6.07) is 0. The van der Waals surface area contributed by atoms with Gasteiger partial charge < -0.3 is 4.90 Å². The van der Waals surface area contributed by atoms with Crippen molar-refractivity contribution in [3.63, 3.8) is 0 Å². The normalized spacial score (nSPS) is 17.6. The molecular formula is C20H29N3O2S2. The summed E-state index contributed by atoms with van der Waals surface area (Å²) in [6.45, 7) is 10.7. The van der Waals surface area contributed by atoms with Crippen molar-refractivity contribution in [1.29, 1.82) is 0 Å². The third-order valence-electron chi connectivity index (χ3n) is 5.32. The largest absolute Gasteiger partial charge is 0.342 e. The molecule has 1 amide bonds. The Morgan fingerprint density at radius 2 is 2.15 bits per heavy atom. The zero-order valence-corrected chi connectivity index (χ0v) is 18.3. The van der Waals surface area contributed by atoms with E-state index in [1.54, 1.807) is 15.9 Å². The van der Waals surface area contributed by atoms with E-state index in [1.807, 2.05) is 18.7 Å². The minimum atomic E-state index is 0.0387. The molecule has 1 aliphatic heterocycles. The Balaban J connectivity index is 1.86. The minimum Gasteiger partial charge on any atom is -0.342 e. The predicted molar refractivity (Wildman–Crippen MR) is 114 cm³/mol. The van der Waals surface area contributed by atoms with E-state index in [-0.39, 0.29) is 11.5 Å². The standard InChI is InChI=1S/C20H29N3O2S2/c1-5-6-10-23-19(25)17-14(3)15(4)27-18(17)21-20(23)26-12-16(24)22-9-7-8-13(2)11-22/h13H,5-12H2,1-4H3. The summed E-state index contributed by atoms with van der Waals surface area (Å²) in [5, 5.41) is 1.43. The lowest BCUT2D eigenvalue weighted by Gasteiger charge is -2.30. The fourth-order valence-corrected chi connectivity index (χ4v) is 5.56. The van der Waals surface area contributed by atoms with E-state index in [2.05, 4.69) is 13.8 Å². The van der Waals surface area contributed by atoms with Crippen molar-refractivity contribution in [3.8, 4) is 0 Å². The van der Waals surface area contributed by atoms with Gasteiger partial charge >= 0.3 is 0 Å². The molecular weight excluding hydrogens is 378 g/mol. The van der Waals surface area contributed by atoms with E-state index in [4.69, 9.17) is 4.98 Å². The van der Waals surface area contributed by atoms with Crippen LogP contribution in [0.2, 0.25) is 0 Å². The summed E-state index contributed by atoms with van der Waals surface area (Å²) in [4.78, 5) is 34.4. The number of nitrogens with zero attached hydrogens (tertiary/aromatic N) is 3. The van der Waals surface area contributed by atoms with Gasteiger partial charge in [-0.1, -0.05) is 32.0 Å². The summed E-state index contributed by atoms with van der Waals surface area (Å²) in [6.07, 6.45) is 4.22. The number of hydrogen-bond acceptors (Lipinski definition) is 5. The van der Waals surface area contributed by atoms with Crippen LogP contribution in [-0.4, -0.2) is 39.2 Å². The van der Waals surface area contributed by atoms with Gasteiger partial charge in [-0.3, -0.25) is 14.2 Å². The summed E-state index contributed by atoms with van der Waals surface area (Å²) in [5.41, 5.74) is 1.07. The van der Waals surface area contributed by atoms with Crippen LogP contribution >= 0.6 is 23.1 Å². The van der Waals surface area contributed by atoms with Crippen LogP contribution in [0.1, 0.15) is 50.0 Å². The van der Waals surface area contributed by atoms with Crippen LogP contribution < -0.4 is 5.56 Å². The summed E-state index contributed by atoms with van der Waals surface area (Å²) in [7, 11) is 0. The summed E-state index contributed by atoms with van der Waals surface area (Å²) >= 11 is 2.98. The Labute approximate surface area is 169 Å². The number of amides is 1. The molecule has 0 spiro atoms. The zero-order chi connectivity index (χ0) is 19.6. The zero-order valence-electron chi connectivity index (χ0n) is 16.7. The van der Waals surface area contributed by atoms with Gasteiger partial charge in [0.1, 0.15) is 4.83 Å². The Bertz CT molecular complexity index is 887. The highest BCUT2D eigenvalue weighted by molar-refractivity contribution is 7.99. The van der Waals surface area contributed by atoms with Crippen molar-refractivity contribution in [2.45, 2.75) is 65.1 Å². The van der Waals surface area contributed by atoms with Gasteiger partial charge in [0.05, 0.1) is 11.1 Å². The first-order chi connectivity index (χ1) is 12.9. The molecule has 1 fully saturated rings. The van der Waals surface area contributed by atoms with Gasteiger partial charge in [0, 0.05) is 24.5 Å². The van der Waals surface area contributed by atoms with Crippen LogP contribution in [0.4, 0.5) is 0 Å². The molecule has 1 atom stereocenters. The predicted octanol–water partition coefficient (Wildman–Crippen LogP) is 4.23. The average molecular weight is 408 g/mol. The van der Waals surface area contributed by atoms with E-state index >= 15 is 0 Å². The van der Waals surface area contributed by atoms with Crippen LogP contribution in [0, 0.1) is 19.8 Å². The molecule has 3 heterocycles. The number of carbonyl (C=O) groups excluding carboxylic acids is 1. The quantitative estimate of drug-likeness (QED) is 0.531. The molecule has 2 aromatic rings. The molecule has 0 aromatic carbocycles. The first-order valence-corrected chi connectivity index (χ1v) is 11.6. The molecule has 0 radical (unpaired) electrons. The third-order valence-corrected chi connectivity index (χ3v) is 7.39. The lowest BCUT2D eigenvalue weighted by molar-refractivity contribution is -0.130. The Kier molecular flexibility index (Phi) is 6.63. The van der Waals surface area contributed by atoms with E-state index < -0.39 is 0 Å². The highest BCUT2D eigenvalue weighted by Crippen LogP contribution is 2.29. The van der Waals surface area contributed by atoms with Crippen LogP contribution in [0.25, 0.3) is 10.2 Å². The van der Waals surface area contributed by atoms with Gasteiger partial charge in [0.15, 0.2) is 5.16 Å². The van der Waals surface area contributed by atoms with Crippen molar-refractivity contribution in [3.05, 3.63) is 20.8 Å². The molecule has 5 nitrogen and oxygen atoms in total. The molecule has 0 bridgehead atoms. The number of thiophene rings is 1. The molecule has 1 unspecified atom stereocenters. The molecule has 3 rings (SSSR count). The number of thioether (sulfide) groups is 1. The van der Waals surface area contributed by atoms with Crippen LogP contribution in [-0.2, 0) is 11.3 Å². The lowest BCUT2D eigenvalue weighted by atomic mass is 10.0. The number of carbonyl (C=O) groups is 1. The summed E-state index contributed by atoms with van der Waals surface area (Å²) < 4.78 is 1.78. The van der Waals surface area contributed by atoms with Crippen LogP contribution in [0.3, 0.4) is 0 Å². The van der Waals surface area contributed by atoms with Gasteiger partial charge in [-0.15, -0.1) is 11.3 Å². The van der Waals surface area contributed by atoms with Crippen molar-refractivity contribution < 1.29 is 4.79 Å². The minimum absolute atomic E-state index is 0.0387. The molecule has 27 heavy (non-hydrogen) atoms. The number of piperidine rings is 1. The number of unbranched alkanes of at least 4 members (excludes halogenated alkanes) is 1. The maximum atomic E-state index is 13.1. The van der Waals surface area contributed by atoms with Gasteiger partial charge in [0.2, 0.25) is 5.91 Å². The Morgan fingerprint density at radius 3 is 2.85 bits per heavy atom. The molecule has 0 N–H and O–H groups in total. The highest BCUT2D eigenvalue weighted by Gasteiger charge is 2.22. The summed E-state index contributed by atoms with van der Waals surface area (Å²) in [5.74, 6) is 1.07. The molecule has 1 aliphatic rings. The number of likely N-dealkylation sites (tertiary alicyclic amines) is 1. The van der Waals surface area contributed by atoms with Crippen LogP contribution in [0.5, 0.6) is 0 Å². The monoisotopic (exact) mass is 407 g/mol. The average Bonchev–Trinajstić information content (AvgIpc) is 2.93. The number of aromatic nitrogens is 2. The molecule has 2 aromatic heterocycles. The van der Waals surface area contributed by atoms with Gasteiger partial charge in [-0.05, 0) is 44.6 Å². The fraction of sp³-hybridized carbons (Fsp3) is 0.650. The van der Waals surface area contributed by atoms with Crippen LogP contribution in [0.15, 0.2) is 9.95 Å². The van der Waals surface area contributed by atoms with Gasteiger partial charge in [-0.2, -0.15) is 0 Å². The smallest absolute Gasteiger partial charge is 0.263 e. The molecule has 1 saturated heterocycles. The second-order valence-corrected chi connectivity index (χ2v) is 9.69. The Hall–Kier alpha value is -1.34. The fourth-order valence-electron chi connectivity index (χ4n) is 3.57. The SMILES string of the molecule is CCCCn1c(SCC(=O)N2CCCC(C)C2)nc2sc(C)c(C)c2c1=O. The number of aryl methyl sites for hydroxylation is 2. The van der Waals surface area contributed by atoms with Gasteiger partial charge in [0.25, 0.3) is 5.56 Å². The molecule has 0 aliphatic carbocycles. The van der Waals surface area contributed by atoms with Gasteiger partial charge in [-0.25, -0.2) is 4.98 Å². The second-order valence-electron chi connectivity index (χ2n) is 7.54. The first kappa shape index (κ1) is 20.4. The van der Waals surface area contributed by atoms with E-state index in [0.29, 0.717) is 23.4 Å².